The molecule has 1 atom stereocenters. The van der Waals surface area contributed by atoms with Gasteiger partial charge in [-0.15, -0.1) is 11.6 Å². The molecule has 1 aromatic rings. The van der Waals surface area contributed by atoms with E-state index < -0.39 is 0 Å². The lowest BCUT2D eigenvalue weighted by atomic mass is 10.2. The highest BCUT2D eigenvalue weighted by atomic mass is 35.5. The molecule has 1 aliphatic rings. The summed E-state index contributed by atoms with van der Waals surface area (Å²) in [5.41, 5.74) is 1.08. The Morgan fingerprint density at radius 3 is 2.81 bits per heavy atom. The van der Waals surface area contributed by atoms with Gasteiger partial charge in [-0.25, -0.2) is 4.98 Å². The molecule has 0 saturated carbocycles. The number of hydrogen-bond acceptors (Lipinski definition) is 3. The molecular formula is C12H18ClN3. The van der Waals surface area contributed by atoms with Crippen molar-refractivity contribution in [2.75, 3.05) is 31.6 Å². The van der Waals surface area contributed by atoms with Gasteiger partial charge in [0.25, 0.3) is 0 Å². The molecule has 0 N–H and O–H groups in total. The highest BCUT2D eigenvalue weighted by Crippen LogP contribution is 2.16. The van der Waals surface area contributed by atoms with Gasteiger partial charge in [-0.2, -0.15) is 0 Å². The standard InChI is InChI=1S/C12H18ClN3/c1-10-9-16(6-5-15(10)2)12-4-3-11(7-13)8-14-12/h3-4,8,10H,5-7,9H2,1-2H3. The molecule has 0 spiro atoms. The molecule has 0 amide bonds. The summed E-state index contributed by atoms with van der Waals surface area (Å²) in [4.78, 5) is 9.17. The van der Waals surface area contributed by atoms with Crippen LogP contribution < -0.4 is 4.90 Å². The van der Waals surface area contributed by atoms with Crippen LogP contribution in [0.25, 0.3) is 0 Å². The van der Waals surface area contributed by atoms with Crippen LogP contribution in [0.1, 0.15) is 12.5 Å². The van der Waals surface area contributed by atoms with Gasteiger partial charge in [-0.1, -0.05) is 6.07 Å². The summed E-state index contributed by atoms with van der Waals surface area (Å²) in [6.07, 6.45) is 1.87. The first-order valence-corrected chi connectivity index (χ1v) is 6.20. The number of aromatic nitrogens is 1. The highest BCUT2D eigenvalue weighted by molar-refractivity contribution is 6.17. The molecule has 1 aliphatic heterocycles. The van der Waals surface area contributed by atoms with E-state index in [1.165, 1.54) is 0 Å². The number of alkyl halides is 1. The number of likely N-dealkylation sites (N-methyl/N-ethyl adjacent to an activating group) is 1. The van der Waals surface area contributed by atoms with Crippen LogP contribution in [0.5, 0.6) is 0 Å². The molecule has 4 heteroatoms. The second kappa shape index (κ2) is 5.02. The monoisotopic (exact) mass is 239 g/mol. The Morgan fingerprint density at radius 1 is 1.44 bits per heavy atom. The minimum atomic E-state index is 0.534. The van der Waals surface area contributed by atoms with Crippen molar-refractivity contribution >= 4 is 17.4 Å². The van der Waals surface area contributed by atoms with E-state index in [4.69, 9.17) is 11.6 Å². The topological polar surface area (TPSA) is 19.4 Å². The fourth-order valence-electron chi connectivity index (χ4n) is 1.94. The first kappa shape index (κ1) is 11.7. The third kappa shape index (κ3) is 2.47. The van der Waals surface area contributed by atoms with Crippen LogP contribution in [0.3, 0.4) is 0 Å². The van der Waals surface area contributed by atoms with Crippen molar-refractivity contribution in [3.05, 3.63) is 23.9 Å². The minimum absolute atomic E-state index is 0.534. The van der Waals surface area contributed by atoms with Crippen LogP contribution in [0.15, 0.2) is 18.3 Å². The molecule has 1 aromatic heterocycles. The van der Waals surface area contributed by atoms with E-state index in [0.29, 0.717) is 11.9 Å². The van der Waals surface area contributed by atoms with E-state index >= 15 is 0 Å². The maximum absolute atomic E-state index is 5.75. The van der Waals surface area contributed by atoms with Gasteiger partial charge in [0.15, 0.2) is 0 Å². The summed E-state index contributed by atoms with van der Waals surface area (Å²) in [7, 11) is 2.17. The Hall–Kier alpha value is -0.800. The maximum atomic E-state index is 5.75. The Labute approximate surface area is 102 Å². The fourth-order valence-corrected chi connectivity index (χ4v) is 2.10. The minimum Gasteiger partial charge on any atom is -0.354 e. The number of piperazine rings is 1. The predicted octanol–water partition coefficient (Wildman–Crippen LogP) is 1.96. The van der Waals surface area contributed by atoms with Gasteiger partial charge in [0, 0.05) is 37.8 Å². The van der Waals surface area contributed by atoms with Crippen LogP contribution in [-0.2, 0) is 5.88 Å². The van der Waals surface area contributed by atoms with Gasteiger partial charge in [0.05, 0.1) is 0 Å². The Bertz CT molecular complexity index is 339. The summed E-state index contributed by atoms with van der Waals surface area (Å²) in [6.45, 7) is 5.44. The van der Waals surface area contributed by atoms with Crippen LogP contribution >= 0.6 is 11.6 Å². The van der Waals surface area contributed by atoms with Crippen molar-refractivity contribution in [2.24, 2.45) is 0 Å². The molecule has 0 aromatic carbocycles. The molecule has 1 unspecified atom stereocenters. The van der Waals surface area contributed by atoms with Crippen LogP contribution in [0.2, 0.25) is 0 Å². The molecule has 16 heavy (non-hydrogen) atoms. The Balaban J connectivity index is 2.06. The molecule has 1 saturated heterocycles. The first-order valence-electron chi connectivity index (χ1n) is 5.67. The lowest BCUT2D eigenvalue weighted by Crippen LogP contribution is -2.50. The number of anilines is 1. The van der Waals surface area contributed by atoms with Crippen molar-refractivity contribution in [1.82, 2.24) is 9.88 Å². The zero-order valence-electron chi connectivity index (χ0n) is 9.86. The molecule has 0 bridgehead atoms. The smallest absolute Gasteiger partial charge is 0.128 e. The van der Waals surface area contributed by atoms with E-state index in [-0.39, 0.29) is 0 Å². The third-order valence-corrected chi connectivity index (χ3v) is 3.56. The quantitative estimate of drug-likeness (QED) is 0.736. The van der Waals surface area contributed by atoms with Crippen molar-refractivity contribution in [1.29, 1.82) is 0 Å². The van der Waals surface area contributed by atoms with Crippen molar-refractivity contribution in [2.45, 2.75) is 18.8 Å². The van der Waals surface area contributed by atoms with Crippen molar-refractivity contribution in [3.63, 3.8) is 0 Å². The van der Waals surface area contributed by atoms with Gasteiger partial charge < -0.3 is 9.80 Å². The first-order chi connectivity index (χ1) is 7.70. The molecule has 0 radical (unpaired) electrons. The number of hydrogen-bond donors (Lipinski definition) is 0. The number of nitrogens with zero attached hydrogens (tertiary/aromatic N) is 3. The van der Waals surface area contributed by atoms with E-state index in [1.54, 1.807) is 0 Å². The number of pyridine rings is 1. The number of rotatable bonds is 2. The van der Waals surface area contributed by atoms with Gasteiger partial charge >= 0.3 is 0 Å². The maximum Gasteiger partial charge on any atom is 0.128 e. The molecule has 2 heterocycles. The van der Waals surface area contributed by atoms with Crippen LogP contribution in [0, 0.1) is 0 Å². The van der Waals surface area contributed by atoms with Crippen LogP contribution in [-0.4, -0.2) is 42.6 Å². The van der Waals surface area contributed by atoms with Gasteiger partial charge in [0.1, 0.15) is 5.82 Å². The summed E-state index contributed by atoms with van der Waals surface area (Å²) >= 11 is 5.75. The molecule has 1 fully saturated rings. The largest absolute Gasteiger partial charge is 0.354 e. The normalized spacial score (nSPS) is 22.4. The van der Waals surface area contributed by atoms with E-state index in [1.807, 2.05) is 6.20 Å². The molecule has 0 aliphatic carbocycles. The molecule has 3 nitrogen and oxygen atoms in total. The summed E-state index contributed by atoms with van der Waals surface area (Å²) < 4.78 is 0. The van der Waals surface area contributed by atoms with Gasteiger partial charge in [0.2, 0.25) is 0 Å². The van der Waals surface area contributed by atoms with E-state index in [0.717, 1.165) is 31.0 Å². The zero-order valence-corrected chi connectivity index (χ0v) is 10.6. The van der Waals surface area contributed by atoms with E-state index in [2.05, 4.69) is 40.9 Å². The second-order valence-corrected chi connectivity index (χ2v) is 4.70. The SMILES string of the molecule is CC1CN(c2ccc(CCl)cn2)CCN1C. The summed E-state index contributed by atoms with van der Waals surface area (Å²) in [5, 5.41) is 0. The average molecular weight is 240 g/mol. The highest BCUT2D eigenvalue weighted by Gasteiger charge is 2.21. The molecule has 2 rings (SSSR count). The Kier molecular flexibility index (Phi) is 3.66. The lowest BCUT2D eigenvalue weighted by Gasteiger charge is -2.38. The zero-order chi connectivity index (χ0) is 11.5. The summed E-state index contributed by atoms with van der Waals surface area (Å²) in [5.74, 6) is 1.60. The van der Waals surface area contributed by atoms with Crippen molar-refractivity contribution < 1.29 is 0 Å². The molecule has 88 valence electrons. The van der Waals surface area contributed by atoms with Gasteiger partial charge in [-0.3, -0.25) is 0 Å². The lowest BCUT2D eigenvalue weighted by molar-refractivity contribution is 0.233. The summed E-state index contributed by atoms with van der Waals surface area (Å²) in [6, 6.07) is 4.71. The average Bonchev–Trinajstić information content (AvgIpc) is 2.33. The predicted molar refractivity (Wildman–Crippen MR) is 68.1 cm³/mol. The van der Waals surface area contributed by atoms with Crippen LogP contribution in [0.4, 0.5) is 5.82 Å². The van der Waals surface area contributed by atoms with Gasteiger partial charge in [-0.05, 0) is 25.6 Å². The molecular weight excluding hydrogens is 222 g/mol. The van der Waals surface area contributed by atoms with Crippen molar-refractivity contribution in [3.8, 4) is 0 Å². The second-order valence-electron chi connectivity index (χ2n) is 4.43. The number of halogens is 1. The Morgan fingerprint density at radius 2 is 2.25 bits per heavy atom. The fraction of sp³-hybridized carbons (Fsp3) is 0.583. The van der Waals surface area contributed by atoms with E-state index in [9.17, 15) is 0 Å². The third-order valence-electron chi connectivity index (χ3n) is 3.25.